The maximum atomic E-state index is 4.99. The topological polar surface area (TPSA) is 45.7 Å². The van der Waals surface area contributed by atoms with Crippen molar-refractivity contribution in [3.8, 4) is 0 Å². The predicted molar refractivity (Wildman–Crippen MR) is 88.6 cm³/mol. The Kier molecular flexibility index (Phi) is 8.91. The van der Waals surface area contributed by atoms with Gasteiger partial charge in [0.05, 0.1) is 6.61 Å². The molecule has 0 unspecified atom stereocenters. The first-order chi connectivity index (χ1) is 9.76. The number of ether oxygens (including phenoxy) is 1. The molecule has 2 N–H and O–H groups in total. The average molecular weight is 295 g/mol. The van der Waals surface area contributed by atoms with Crippen LogP contribution in [0.4, 0.5) is 0 Å². The van der Waals surface area contributed by atoms with E-state index in [1.165, 1.54) is 11.1 Å². The van der Waals surface area contributed by atoms with Crippen molar-refractivity contribution in [2.75, 3.05) is 39.6 Å². The zero-order valence-corrected chi connectivity index (χ0v) is 13.4. The molecule has 0 fully saturated rings. The van der Waals surface area contributed by atoms with E-state index >= 15 is 0 Å². The normalized spacial score (nSPS) is 11.4. The molecule has 0 aromatic heterocycles. The van der Waals surface area contributed by atoms with Crippen LogP contribution in [0.5, 0.6) is 0 Å². The molecule has 0 aliphatic rings. The SMILES string of the molecule is CN=C(NCCOC)NCCSCc1ccc(C)cc1. The van der Waals surface area contributed by atoms with Gasteiger partial charge in [-0.25, -0.2) is 0 Å². The van der Waals surface area contributed by atoms with Gasteiger partial charge >= 0.3 is 0 Å². The van der Waals surface area contributed by atoms with Crippen molar-refractivity contribution in [3.63, 3.8) is 0 Å². The van der Waals surface area contributed by atoms with Gasteiger partial charge in [-0.1, -0.05) is 29.8 Å². The maximum absolute atomic E-state index is 4.99. The lowest BCUT2D eigenvalue weighted by molar-refractivity contribution is 0.203. The van der Waals surface area contributed by atoms with Crippen LogP contribution in [-0.4, -0.2) is 45.6 Å². The van der Waals surface area contributed by atoms with Crippen LogP contribution in [0.25, 0.3) is 0 Å². The summed E-state index contributed by atoms with van der Waals surface area (Å²) in [6.45, 7) is 4.47. The van der Waals surface area contributed by atoms with E-state index in [-0.39, 0.29) is 0 Å². The Hall–Kier alpha value is -1.20. The van der Waals surface area contributed by atoms with Crippen molar-refractivity contribution in [1.29, 1.82) is 0 Å². The van der Waals surface area contributed by atoms with Gasteiger partial charge in [0, 0.05) is 38.8 Å². The number of nitrogens with zero attached hydrogens (tertiary/aromatic N) is 1. The number of aryl methyl sites for hydroxylation is 1. The minimum Gasteiger partial charge on any atom is -0.383 e. The molecule has 0 bridgehead atoms. The Bertz CT molecular complexity index is 393. The molecule has 112 valence electrons. The van der Waals surface area contributed by atoms with Gasteiger partial charge in [-0.15, -0.1) is 0 Å². The van der Waals surface area contributed by atoms with Crippen LogP contribution in [0.2, 0.25) is 0 Å². The van der Waals surface area contributed by atoms with Gasteiger partial charge in [0.1, 0.15) is 0 Å². The fraction of sp³-hybridized carbons (Fsp3) is 0.533. The average Bonchev–Trinajstić information content (AvgIpc) is 2.47. The van der Waals surface area contributed by atoms with E-state index < -0.39 is 0 Å². The fourth-order valence-corrected chi connectivity index (χ4v) is 2.43. The van der Waals surface area contributed by atoms with E-state index in [0.717, 1.165) is 30.6 Å². The Morgan fingerprint density at radius 2 is 1.90 bits per heavy atom. The summed E-state index contributed by atoms with van der Waals surface area (Å²) in [7, 11) is 3.47. The predicted octanol–water partition coefficient (Wildman–Crippen LogP) is 2.04. The summed E-state index contributed by atoms with van der Waals surface area (Å²) in [5, 5.41) is 6.48. The van der Waals surface area contributed by atoms with E-state index in [4.69, 9.17) is 4.74 Å². The van der Waals surface area contributed by atoms with E-state index in [1.54, 1.807) is 14.2 Å². The Labute approximate surface area is 126 Å². The highest BCUT2D eigenvalue weighted by Crippen LogP contribution is 2.12. The minimum atomic E-state index is 0.683. The van der Waals surface area contributed by atoms with Gasteiger partial charge in [0.2, 0.25) is 0 Å². The number of hydrogen-bond donors (Lipinski definition) is 2. The summed E-state index contributed by atoms with van der Waals surface area (Å²) in [5.41, 5.74) is 2.69. The van der Waals surface area contributed by atoms with Gasteiger partial charge in [-0.2, -0.15) is 11.8 Å². The molecule has 20 heavy (non-hydrogen) atoms. The van der Waals surface area contributed by atoms with E-state index in [1.807, 2.05) is 11.8 Å². The molecule has 0 saturated heterocycles. The first kappa shape index (κ1) is 16.9. The number of guanidine groups is 1. The highest BCUT2D eigenvalue weighted by atomic mass is 32.2. The third-order valence-corrected chi connectivity index (χ3v) is 3.78. The number of benzene rings is 1. The molecule has 0 heterocycles. The van der Waals surface area contributed by atoms with Gasteiger partial charge < -0.3 is 15.4 Å². The van der Waals surface area contributed by atoms with Gasteiger partial charge in [-0.3, -0.25) is 4.99 Å². The van der Waals surface area contributed by atoms with Crippen molar-refractivity contribution in [2.24, 2.45) is 4.99 Å². The first-order valence-corrected chi connectivity index (χ1v) is 7.98. The second kappa shape index (κ2) is 10.6. The molecule has 0 saturated carbocycles. The number of rotatable bonds is 8. The van der Waals surface area contributed by atoms with Gasteiger partial charge in [0.15, 0.2) is 5.96 Å². The van der Waals surface area contributed by atoms with Crippen molar-refractivity contribution in [2.45, 2.75) is 12.7 Å². The highest BCUT2D eigenvalue weighted by molar-refractivity contribution is 7.98. The Morgan fingerprint density at radius 1 is 1.20 bits per heavy atom. The summed E-state index contributed by atoms with van der Waals surface area (Å²) in [6.07, 6.45) is 0. The molecule has 5 heteroatoms. The largest absolute Gasteiger partial charge is 0.383 e. The third-order valence-electron chi connectivity index (χ3n) is 2.75. The lowest BCUT2D eigenvalue weighted by Gasteiger charge is -2.11. The molecule has 0 radical (unpaired) electrons. The van der Waals surface area contributed by atoms with Crippen LogP contribution >= 0.6 is 11.8 Å². The number of methoxy groups -OCH3 is 1. The van der Waals surface area contributed by atoms with E-state index in [9.17, 15) is 0 Å². The molecule has 1 aromatic carbocycles. The van der Waals surface area contributed by atoms with Crippen LogP contribution in [0.15, 0.2) is 29.3 Å². The summed E-state index contributed by atoms with van der Waals surface area (Å²) in [5.74, 6) is 2.94. The summed E-state index contributed by atoms with van der Waals surface area (Å²) < 4.78 is 4.99. The molecule has 0 spiro atoms. The quantitative estimate of drug-likeness (QED) is 0.438. The summed E-state index contributed by atoms with van der Waals surface area (Å²) in [4.78, 5) is 4.15. The van der Waals surface area contributed by atoms with Crippen molar-refractivity contribution in [1.82, 2.24) is 10.6 Å². The lowest BCUT2D eigenvalue weighted by atomic mass is 10.2. The molecular weight excluding hydrogens is 270 g/mol. The third kappa shape index (κ3) is 7.40. The van der Waals surface area contributed by atoms with Crippen LogP contribution < -0.4 is 10.6 Å². The van der Waals surface area contributed by atoms with Crippen molar-refractivity contribution >= 4 is 17.7 Å². The van der Waals surface area contributed by atoms with Crippen LogP contribution in [-0.2, 0) is 10.5 Å². The maximum Gasteiger partial charge on any atom is 0.191 e. The number of hydrogen-bond acceptors (Lipinski definition) is 3. The monoisotopic (exact) mass is 295 g/mol. The molecule has 0 aliphatic carbocycles. The summed E-state index contributed by atoms with van der Waals surface area (Å²) in [6, 6.07) is 8.72. The number of nitrogens with one attached hydrogen (secondary N) is 2. The first-order valence-electron chi connectivity index (χ1n) is 6.83. The minimum absolute atomic E-state index is 0.683. The van der Waals surface area contributed by atoms with Crippen molar-refractivity contribution in [3.05, 3.63) is 35.4 Å². The number of thioether (sulfide) groups is 1. The molecule has 0 atom stereocenters. The fourth-order valence-electron chi connectivity index (χ4n) is 1.61. The molecule has 0 amide bonds. The standard InChI is InChI=1S/C15H25N3OS/c1-13-4-6-14(7-5-13)12-20-11-9-18-15(16-2)17-8-10-19-3/h4-7H,8-12H2,1-3H3,(H2,16,17,18). The van der Waals surface area contributed by atoms with E-state index in [2.05, 4.69) is 46.8 Å². The Balaban J connectivity index is 2.10. The molecule has 1 aromatic rings. The second-order valence-corrected chi connectivity index (χ2v) is 5.56. The molecule has 1 rings (SSSR count). The van der Waals surface area contributed by atoms with Crippen LogP contribution in [0, 0.1) is 6.92 Å². The number of aliphatic imine (C=N–C) groups is 1. The highest BCUT2D eigenvalue weighted by Gasteiger charge is 1.97. The molecule has 0 aliphatic heterocycles. The lowest BCUT2D eigenvalue weighted by Crippen LogP contribution is -2.39. The smallest absolute Gasteiger partial charge is 0.191 e. The second-order valence-electron chi connectivity index (χ2n) is 4.46. The van der Waals surface area contributed by atoms with Crippen molar-refractivity contribution < 1.29 is 4.74 Å². The van der Waals surface area contributed by atoms with Crippen LogP contribution in [0.3, 0.4) is 0 Å². The van der Waals surface area contributed by atoms with E-state index in [0.29, 0.717) is 6.61 Å². The van der Waals surface area contributed by atoms with Gasteiger partial charge in [-0.05, 0) is 12.5 Å². The molecular formula is C15H25N3OS. The zero-order valence-electron chi connectivity index (χ0n) is 12.6. The zero-order chi connectivity index (χ0) is 14.6. The summed E-state index contributed by atoms with van der Waals surface area (Å²) >= 11 is 1.92. The van der Waals surface area contributed by atoms with Gasteiger partial charge in [0.25, 0.3) is 0 Å². The molecule has 4 nitrogen and oxygen atoms in total. The Morgan fingerprint density at radius 3 is 2.55 bits per heavy atom. The van der Waals surface area contributed by atoms with Crippen LogP contribution in [0.1, 0.15) is 11.1 Å².